The molecule has 0 aliphatic carbocycles. The van der Waals surface area contributed by atoms with Gasteiger partial charge in [-0.15, -0.1) is 0 Å². The summed E-state index contributed by atoms with van der Waals surface area (Å²) in [5, 5.41) is 22.4. The van der Waals surface area contributed by atoms with Gasteiger partial charge in [-0.2, -0.15) is 5.26 Å². The van der Waals surface area contributed by atoms with Gasteiger partial charge in [0.15, 0.2) is 0 Å². The third kappa shape index (κ3) is 6.69. The molecule has 0 aromatic heterocycles. The summed E-state index contributed by atoms with van der Waals surface area (Å²) in [6, 6.07) is 16.9. The number of benzene rings is 2. The Hall–Kier alpha value is -2.39. The van der Waals surface area contributed by atoms with Crippen molar-refractivity contribution in [1.82, 2.24) is 5.32 Å². The Morgan fingerprint density at radius 1 is 1.19 bits per heavy atom. The number of aliphatic hydroxyl groups is 1. The standard InChI is InChI=1S/C22H29N3O2/c1-22(2,3)18-8-4-7-17(10-18)13-25-14-21(26)20(24)15-27-19-9-5-6-16(11-19)12-23/h4-11,20-21,25-26H,13-15,24H2,1-3H3/t20-,21+/m0/s1. The van der Waals surface area contributed by atoms with Gasteiger partial charge >= 0.3 is 0 Å². The summed E-state index contributed by atoms with van der Waals surface area (Å²) in [6.45, 7) is 7.79. The van der Waals surface area contributed by atoms with Gasteiger partial charge in [-0.3, -0.25) is 0 Å². The summed E-state index contributed by atoms with van der Waals surface area (Å²) < 4.78 is 5.59. The zero-order valence-electron chi connectivity index (χ0n) is 16.3. The van der Waals surface area contributed by atoms with Crippen LogP contribution in [0.25, 0.3) is 0 Å². The lowest BCUT2D eigenvalue weighted by molar-refractivity contribution is 0.114. The highest BCUT2D eigenvalue weighted by atomic mass is 16.5. The Labute approximate surface area is 161 Å². The van der Waals surface area contributed by atoms with E-state index >= 15 is 0 Å². The molecule has 0 fully saturated rings. The van der Waals surface area contributed by atoms with Crippen molar-refractivity contribution in [3.05, 3.63) is 65.2 Å². The summed E-state index contributed by atoms with van der Waals surface area (Å²) >= 11 is 0. The largest absolute Gasteiger partial charge is 0.492 e. The molecule has 0 aliphatic rings. The first-order valence-electron chi connectivity index (χ1n) is 9.16. The molecular weight excluding hydrogens is 338 g/mol. The van der Waals surface area contributed by atoms with Crippen LogP contribution in [0.5, 0.6) is 5.75 Å². The van der Waals surface area contributed by atoms with Crippen LogP contribution in [0.15, 0.2) is 48.5 Å². The Balaban J connectivity index is 1.78. The molecule has 0 unspecified atom stereocenters. The van der Waals surface area contributed by atoms with E-state index in [1.165, 1.54) is 11.1 Å². The Morgan fingerprint density at radius 3 is 2.63 bits per heavy atom. The quantitative estimate of drug-likeness (QED) is 0.667. The van der Waals surface area contributed by atoms with E-state index < -0.39 is 12.1 Å². The number of ether oxygens (including phenoxy) is 1. The van der Waals surface area contributed by atoms with Crippen LogP contribution >= 0.6 is 0 Å². The van der Waals surface area contributed by atoms with Crippen molar-refractivity contribution in [2.45, 2.75) is 44.9 Å². The number of nitrogens with zero attached hydrogens (tertiary/aromatic N) is 1. The van der Waals surface area contributed by atoms with Gasteiger partial charge in [-0.05, 0) is 34.7 Å². The molecule has 4 N–H and O–H groups in total. The van der Waals surface area contributed by atoms with Crippen molar-refractivity contribution in [2.24, 2.45) is 5.73 Å². The van der Waals surface area contributed by atoms with Crippen molar-refractivity contribution in [3.8, 4) is 11.8 Å². The maximum Gasteiger partial charge on any atom is 0.120 e. The Morgan fingerprint density at radius 2 is 1.93 bits per heavy atom. The molecule has 2 aromatic carbocycles. The highest BCUT2D eigenvalue weighted by molar-refractivity contribution is 5.36. The smallest absolute Gasteiger partial charge is 0.120 e. The zero-order valence-corrected chi connectivity index (χ0v) is 16.3. The molecule has 0 aliphatic heterocycles. The van der Waals surface area contributed by atoms with E-state index in [1.807, 2.05) is 0 Å². The topological polar surface area (TPSA) is 91.3 Å². The number of nitrogens with one attached hydrogen (secondary N) is 1. The minimum atomic E-state index is -0.727. The first kappa shape index (κ1) is 20.9. The van der Waals surface area contributed by atoms with Crippen LogP contribution in [0.1, 0.15) is 37.5 Å². The van der Waals surface area contributed by atoms with E-state index in [1.54, 1.807) is 24.3 Å². The summed E-state index contributed by atoms with van der Waals surface area (Å²) in [6.07, 6.45) is -0.727. The van der Waals surface area contributed by atoms with Crippen LogP contribution in [0, 0.1) is 11.3 Å². The highest BCUT2D eigenvalue weighted by Gasteiger charge is 2.16. The Kier molecular flexibility index (Phi) is 7.37. The lowest BCUT2D eigenvalue weighted by Gasteiger charge is -2.21. The second-order valence-corrected chi connectivity index (χ2v) is 7.76. The third-order valence-electron chi connectivity index (χ3n) is 4.38. The van der Waals surface area contributed by atoms with E-state index in [9.17, 15) is 5.11 Å². The minimum Gasteiger partial charge on any atom is -0.492 e. The molecule has 5 nitrogen and oxygen atoms in total. The Bertz CT molecular complexity index is 778. The lowest BCUT2D eigenvalue weighted by atomic mass is 9.86. The predicted molar refractivity (Wildman–Crippen MR) is 107 cm³/mol. The average molecular weight is 367 g/mol. The van der Waals surface area contributed by atoms with Gasteiger partial charge in [-0.1, -0.05) is 51.1 Å². The van der Waals surface area contributed by atoms with Crippen molar-refractivity contribution >= 4 is 0 Å². The number of hydrogen-bond donors (Lipinski definition) is 3. The fraction of sp³-hybridized carbons (Fsp3) is 0.409. The van der Waals surface area contributed by atoms with E-state index in [2.05, 4.69) is 56.4 Å². The third-order valence-corrected chi connectivity index (χ3v) is 4.38. The molecule has 0 radical (unpaired) electrons. The average Bonchev–Trinajstić information content (AvgIpc) is 2.65. The van der Waals surface area contributed by atoms with Gasteiger partial charge in [0, 0.05) is 13.1 Å². The molecule has 0 saturated heterocycles. The highest BCUT2D eigenvalue weighted by Crippen LogP contribution is 2.22. The summed E-state index contributed by atoms with van der Waals surface area (Å²) in [4.78, 5) is 0. The van der Waals surface area contributed by atoms with Gasteiger partial charge in [0.1, 0.15) is 12.4 Å². The predicted octanol–water partition coefficient (Wildman–Crippen LogP) is 2.71. The summed E-state index contributed by atoms with van der Waals surface area (Å²) in [7, 11) is 0. The van der Waals surface area contributed by atoms with Crippen LogP contribution in [0.3, 0.4) is 0 Å². The van der Waals surface area contributed by atoms with Gasteiger partial charge in [0.05, 0.1) is 23.8 Å². The van der Waals surface area contributed by atoms with Crippen LogP contribution in [0.2, 0.25) is 0 Å². The van der Waals surface area contributed by atoms with Gasteiger partial charge < -0.3 is 20.9 Å². The molecule has 0 spiro atoms. The molecule has 0 amide bonds. The number of nitrogens with two attached hydrogens (primary N) is 1. The molecule has 2 atom stereocenters. The number of aliphatic hydroxyl groups excluding tert-OH is 1. The molecule has 5 heteroatoms. The van der Waals surface area contributed by atoms with Crippen molar-refractivity contribution in [2.75, 3.05) is 13.2 Å². The first-order chi connectivity index (χ1) is 12.8. The fourth-order valence-electron chi connectivity index (χ4n) is 2.62. The summed E-state index contributed by atoms with van der Waals surface area (Å²) in [5.41, 5.74) is 9.11. The number of nitriles is 1. The van der Waals surface area contributed by atoms with E-state index in [4.69, 9.17) is 15.7 Å². The second-order valence-electron chi connectivity index (χ2n) is 7.76. The SMILES string of the molecule is CC(C)(C)c1cccc(CNC[C@@H](O)[C@@H](N)COc2cccc(C#N)c2)c1. The van der Waals surface area contributed by atoms with Gasteiger partial charge in [-0.25, -0.2) is 0 Å². The van der Waals surface area contributed by atoms with E-state index in [0.717, 1.165) is 0 Å². The fourth-order valence-corrected chi connectivity index (χ4v) is 2.62. The minimum absolute atomic E-state index is 0.109. The van der Waals surface area contributed by atoms with Crippen LogP contribution < -0.4 is 15.8 Å². The normalized spacial score (nSPS) is 13.6. The molecule has 0 saturated carbocycles. The zero-order chi connectivity index (χ0) is 19.9. The summed E-state index contributed by atoms with van der Waals surface area (Å²) in [5.74, 6) is 0.573. The van der Waals surface area contributed by atoms with Crippen LogP contribution in [0.4, 0.5) is 0 Å². The molecule has 144 valence electrons. The van der Waals surface area contributed by atoms with Gasteiger partial charge in [0.25, 0.3) is 0 Å². The van der Waals surface area contributed by atoms with Gasteiger partial charge in [0.2, 0.25) is 0 Å². The van der Waals surface area contributed by atoms with E-state index in [-0.39, 0.29) is 12.0 Å². The lowest BCUT2D eigenvalue weighted by Crippen LogP contribution is -2.45. The number of rotatable bonds is 8. The molecule has 0 heterocycles. The van der Waals surface area contributed by atoms with Crippen LogP contribution in [-0.2, 0) is 12.0 Å². The number of hydrogen-bond acceptors (Lipinski definition) is 5. The molecule has 27 heavy (non-hydrogen) atoms. The molecule has 2 aromatic rings. The monoisotopic (exact) mass is 367 g/mol. The molecular formula is C22H29N3O2. The van der Waals surface area contributed by atoms with Crippen molar-refractivity contribution in [1.29, 1.82) is 5.26 Å². The van der Waals surface area contributed by atoms with Crippen molar-refractivity contribution in [3.63, 3.8) is 0 Å². The first-order valence-corrected chi connectivity index (χ1v) is 9.16. The van der Waals surface area contributed by atoms with E-state index in [0.29, 0.717) is 24.4 Å². The maximum absolute atomic E-state index is 10.2. The molecule has 0 bridgehead atoms. The molecule has 2 rings (SSSR count). The maximum atomic E-state index is 10.2. The second kappa shape index (κ2) is 9.52. The van der Waals surface area contributed by atoms with Crippen molar-refractivity contribution < 1.29 is 9.84 Å². The van der Waals surface area contributed by atoms with Crippen LogP contribution in [-0.4, -0.2) is 30.4 Å².